The average molecular weight is 393 g/mol. The average Bonchev–Trinajstić information content (AvgIpc) is 2.84. The third-order valence-corrected chi connectivity index (χ3v) is 4.54. The zero-order chi connectivity index (χ0) is 17.3. The van der Waals surface area contributed by atoms with E-state index >= 15 is 0 Å². The van der Waals surface area contributed by atoms with E-state index in [1.807, 2.05) is 6.92 Å². The highest BCUT2D eigenvalue weighted by atomic mass is 79.9. The monoisotopic (exact) mass is 392 g/mol. The highest BCUT2D eigenvalue weighted by Crippen LogP contribution is 2.23. The molecule has 24 heavy (non-hydrogen) atoms. The maximum atomic E-state index is 13.5. The van der Waals surface area contributed by atoms with E-state index in [4.69, 9.17) is 0 Å². The van der Waals surface area contributed by atoms with Gasteiger partial charge in [-0.25, -0.2) is 8.78 Å². The van der Waals surface area contributed by atoms with Crippen LogP contribution in [-0.2, 0) is 17.8 Å². The van der Waals surface area contributed by atoms with E-state index in [2.05, 4.69) is 26.2 Å². The number of aromatic nitrogens is 1. The van der Waals surface area contributed by atoms with Crippen LogP contribution < -0.4 is 5.32 Å². The molecule has 2 aromatic carbocycles. The summed E-state index contributed by atoms with van der Waals surface area (Å²) in [5.41, 5.74) is 3.07. The van der Waals surface area contributed by atoms with Gasteiger partial charge in [-0.05, 0) is 64.3 Å². The minimum absolute atomic E-state index is 0.133. The topological polar surface area (TPSA) is 44.9 Å². The van der Waals surface area contributed by atoms with Gasteiger partial charge in [0.05, 0.1) is 10.9 Å². The summed E-state index contributed by atoms with van der Waals surface area (Å²) in [6, 6.07) is 9.17. The van der Waals surface area contributed by atoms with Gasteiger partial charge >= 0.3 is 0 Å². The molecular formula is C18H15BrF2N2O. The quantitative estimate of drug-likeness (QED) is 0.679. The summed E-state index contributed by atoms with van der Waals surface area (Å²) >= 11 is 3.09. The Hall–Kier alpha value is -2.21. The molecule has 0 spiro atoms. The number of hydrogen-bond acceptors (Lipinski definition) is 1. The molecule has 6 heteroatoms. The lowest BCUT2D eigenvalue weighted by molar-refractivity contribution is -0.120. The smallest absolute Gasteiger partial charge is 0.224 e. The van der Waals surface area contributed by atoms with Gasteiger partial charge in [0.1, 0.15) is 11.6 Å². The second-order valence-corrected chi connectivity index (χ2v) is 6.47. The summed E-state index contributed by atoms with van der Waals surface area (Å²) in [6.07, 6.45) is 0.133. The highest BCUT2D eigenvalue weighted by Gasteiger charge is 2.13. The van der Waals surface area contributed by atoms with Crippen molar-refractivity contribution in [3.63, 3.8) is 0 Å². The fourth-order valence-electron chi connectivity index (χ4n) is 2.66. The summed E-state index contributed by atoms with van der Waals surface area (Å²) in [6.45, 7) is 2.09. The molecule has 0 aliphatic rings. The molecule has 0 aliphatic heterocycles. The van der Waals surface area contributed by atoms with Crippen LogP contribution in [0.25, 0.3) is 10.9 Å². The Kier molecular flexibility index (Phi) is 4.66. The summed E-state index contributed by atoms with van der Waals surface area (Å²) in [5, 5.41) is 3.47. The van der Waals surface area contributed by atoms with E-state index in [9.17, 15) is 13.6 Å². The number of fused-ring (bicyclic) bond motifs is 1. The van der Waals surface area contributed by atoms with Crippen molar-refractivity contribution >= 4 is 32.7 Å². The molecule has 1 aromatic heterocycles. The summed E-state index contributed by atoms with van der Waals surface area (Å²) < 4.78 is 27.3. The molecule has 0 bridgehead atoms. The first-order chi connectivity index (χ1) is 11.4. The van der Waals surface area contributed by atoms with Crippen molar-refractivity contribution in [2.24, 2.45) is 0 Å². The van der Waals surface area contributed by atoms with Crippen LogP contribution in [-0.4, -0.2) is 10.9 Å². The van der Waals surface area contributed by atoms with Crippen LogP contribution in [0.1, 0.15) is 16.8 Å². The molecule has 3 rings (SSSR count). The molecule has 0 saturated carbocycles. The Labute approximate surface area is 146 Å². The van der Waals surface area contributed by atoms with Crippen LogP contribution >= 0.6 is 15.9 Å². The van der Waals surface area contributed by atoms with Gasteiger partial charge in [0, 0.05) is 23.1 Å². The van der Waals surface area contributed by atoms with Crippen LogP contribution in [0.4, 0.5) is 8.78 Å². The van der Waals surface area contributed by atoms with Crippen molar-refractivity contribution in [3.05, 3.63) is 69.3 Å². The summed E-state index contributed by atoms with van der Waals surface area (Å²) in [7, 11) is 0. The number of halogens is 3. The van der Waals surface area contributed by atoms with Gasteiger partial charge in [0.25, 0.3) is 0 Å². The number of rotatable bonds is 4. The van der Waals surface area contributed by atoms with Crippen molar-refractivity contribution < 1.29 is 13.6 Å². The number of hydrogen-bond donors (Lipinski definition) is 2. The molecule has 0 unspecified atom stereocenters. The number of benzene rings is 2. The maximum absolute atomic E-state index is 13.5. The van der Waals surface area contributed by atoms with Crippen LogP contribution in [0.15, 0.2) is 40.9 Å². The molecule has 1 amide bonds. The number of aryl methyl sites for hydroxylation is 1. The first-order valence-electron chi connectivity index (χ1n) is 7.41. The van der Waals surface area contributed by atoms with E-state index in [1.54, 1.807) is 18.2 Å². The normalized spacial score (nSPS) is 11.0. The van der Waals surface area contributed by atoms with E-state index < -0.39 is 0 Å². The van der Waals surface area contributed by atoms with E-state index in [1.165, 1.54) is 18.2 Å². The van der Waals surface area contributed by atoms with Crippen LogP contribution in [0.5, 0.6) is 0 Å². The van der Waals surface area contributed by atoms with Crippen LogP contribution in [0.3, 0.4) is 0 Å². The fraction of sp³-hybridized carbons (Fsp3) is 0.167. The number of carbonyl (C=O) groups excluding carboxylic acids is 1. The molecule has 0 atom stereocenters. The second kappa shape index (κ2) is 6.73. The lowest BCUT2D eigenvalue weighted by atomic mass is 10.1. The van der Waals surface area contributed by atoms with Gasteiger partial charge < -0.3 is 10.3 Å². The Balaban J connectivity index is 1.72. The van der Waals surface area contributed by atoms with E-state index in [-0.39, 0.29) is 30.5 Å². The van der Waals surface area contributed by atoms with E-state index in [0.717, 1.165) is 16.8 Å². The maximum Gasteiger partial charge on any atom is 0.224 e. The van der Waals surface area contributed by atoms with Crippen molar-refractivity contribution in [1.29, 1.82) is 0 Å². The van der Waals surface area contributed by atoms with Gasteiger partial charge in [-0.2, -0.15) is 0 Å². The Bertz CT molecular complexity index is 921. The second-order valence-electron chi connectivity index (χ2n) is 5.62. The molecule has 0 saturated heterocycles. The lowest BCUT2D eigenvalue weighted by Crippen LogP contribution is -2.24. The van der Waals surface area contributed by atoms with Crippen LogP contribution in [0.2, 0.25) is 0 Å². The molecule has 0 aliphatic carbocycles. The van der Waals surface area contributed by atoms with Crippen molar-refractivity contribution in [1.82, 2.24) is 10.3 Å². The minimum Gasteiger partial charge on any atom is -0.358 e. The molecule has 3 aromatic rings. The number of amides is 1. The van der Waals surface area contributed by atoms with Gasteiger partial charge in [0.15, 0.2) is 0 Å². The number of carbonyl (C=O) groups is 1. The molecule has 0 fully saturated rings. The summed E-state index contributed by atoms with van der Waals surface area (Å²) in [5.74, 6) is -0.912. The number of nitrogens with one attached hydrogen (secondary N) is 2. The fourth-order valence-corrected chi connectivity index (χ4v) is 2.90. The number of H-pyrrole nitrogens is 1. The van der Waals surface area contributed by atoms with Crippen molar-refractivity contribution in [3.8, 4) is 0 Å². The highest BCUT2D eigenvalue weighted by molar-refractivity contribution is 9.10. The number of aromatic amines is 1. The van der Waals surface area contributed by atoms with Gasteiger partial charge in [-0.15, -0.1) is 0 Å². The largest absolute Gasteiger partial charge is 0.358 e. The Morgan fingerprint density at radius 3 is 2.75 bits per heavy atom. The molecule has 124 valence electrons. The predicted molar refractivity (Wildman–Crippen MR) is 92.6 cm³/mol. The van der Waals surface area contributed by atoms with Crippen molar-refractivity contribution in [2.45, 2.75) is 19.9 Å². The molecule has 2 N–H and O–H groups in total. The third-order valence-electron chi connectivity index (χ3n) is 3.89. The molecule has 3 nitrogen and oxygen atoms in total. The first kappa shape index (κ1) is 16.6. The minimum atomic E-state index is -0.371. The lowest BCUT2D eigenvalue weighted by Gasteiger charge is -2.07. The van der Waals surface area contributed by atoms with Crippen LogP contribution in [0, 0.1) is 18.6 Å². The Morgan fingerprint density at radius 2 is 2.00 bits per heavy atom. The zero-order valence-electron chi connectivity index (χ0n) is 12.9. The zero-order valence-corrected chi connectivity index (χ0v) is 14.5. The Morgan fingerprint density at radius 1 is 1.21 bits per heavy atom. The van der Waals surface area contributed by atoms with Gasteiger partial charge in [-0.3, -0.25) is 4.79 Å². The SMILES string of the molecule is Cc1[nH]c2ccc(F)cc2c1CC(=O)NCc1ccc(Br)c(F)c1. The third kappa shape index (κ3) is 3.48. The van der Waals surface area contributed by atoms with Gasteiger partial charge in [-0.1, -0.05) is 6.07 Å². The molecule has 0 radical (unpaired) electrons. The van der Waals surface area contributed by atoms with Crippen molar-refractivity contribution in [2.75, 3.05) is 0 Å². The predicted octanol–water partition coefficient (Wildman–Crippen LogP) is 4.38. The van der Waals surface area contributed by atoms with Gasteiger partial charge in [0.2, 0.25) is 5.91 Å². The standard InChI is InChI=1S/C18H15BrF2N2O/c1-10-13(14-7-12(20)3-5-17(14)23-10)8-18(24)22-9-11-2-4-15(19)16(21)6-11/h2-7,23H,8-9H2,1H3,(H,22,24). The van der Waals surface area contributed by atoms with E-state index in [0.29, 0.717) is 15.4 Å². The molecule has 1 heterocycles. The first-order valence-corrected chi connectivity index (χ1v) is 8.20. The molecular weight excluding hydrogens is 378 g/mol. The summed E-state index contributed by atoms with van der Waals surface area (Å²) in [4.78, 5) is 15.3.